The molecular weight excluding hydrogens is 404 g/mol. The molecule has 0 spiro atoms. The second-order valence-corrected chi connectivity index (χ2v) is 8.88. The minimum absolute atomic E-state index is 0.0304. The quantitative estimate of drug-likeness (QED) is 0.631. The van der Waals surface area contributed by atoms with Crippen LogP contribution in [0.1, 0.15) is 11.1 Å². The molecule has 30 heavy (non-hydrogen) atoms. The molecule has 1 amide bonds. The number of hydrogen-bond donors (Lipinski definition) is 0. The van der Waals surface area contributed by atoms with Gasteiger partial charge in [0, 0.05) is 37.8 Å². The molecule has 160 valence electrons. The second kappa shape index (κ2) is 9.77. The Morgan fingerprint density at radius 3 is 2.33 bits per heavy atom. The Hall–Kier alpha value is -2.84. The Morgan fingerprint density at radius 1 is 1.00 bits per heavy atom. The molecule has 0 radical (unpaired) electrons. The van der Waals surface area contributed by atoms with Crippen molar-refractivity contribution in [2.45, 2.75) is 5.75 Å². The largest absolute Gasteiger partial charge is 0.497 e. The Labute approximate surface area is 177 Å². The van der Waals surface area contributed by atoms with Gasteiger partial charge in [-0.15, -0.1) is 0 Å². The number of hydrogen-bond acceptors (Lipinski definition) is 5. The topological polar surface area (TPSA) is 76.2 Å². The van der Waals surface area contributed by atoms with Gasteiger partial charge in [0.2, 0.25) is 15.9 Å². The Kier molecular flexibility index (Phi) is 7.12. The van der Waals surface area contributed by atoms with Gasteiger partial charge < -0.3 is 14.4 Å². The molecule has 1 fully saturated rings. The molecule has 1 aliphatic heterocycles. The Balaban J connectivity index is 1.60. The molecule has 1 saturated heterocycles. The molecule has 7 nitrogen and oxygen atoms in total. The van der Waals surface area contributed by atoms with Gasteiger partial charge in [0.15, 0.2) is 0 Å². The Bertz CT molecular complexity index is 997. The number of piperazine rings is 1. The molecule has 2 aromatic rings. The predicted molar refractivity (Wildman–Crippen MR) is 116 cm³/mol. The first kappa shape index (κ1) is 21.9. The van der Waals surface area contributed by atoms with Gasteiger partial charge in [-0.3, -0.25) is 4.79 Å². The van der Waals surface area contributed by atoms with E-state index in [1.807, 2.05) is 18.2 Å². The minimum atomic E-state index is -3.41. The smallest absolute Gasteiger partial charge is 0.246 e. The standard InChI is InChI=1S/C22H26N2O5S/c1-28-20-9-10-21(29-2)19(16-20)8-11-22(25)23-12-14-24(15-13-23)30(26,27)17-18-6-4-3-5-7-18/h3-11,16H,12-15,17H2,1-2H3/b11-8+. The molecule has 0 unspecified atom stereocenters. The van der Waals surface area contributed by atoms with Crippen LogP contribution in [0.15, 0.2) is 54.6 Å². The monoisotopic (exact) mass is 430 g/mol. The number of benzene rings is 2. The third-order valence-electron chi connectivity index (χ3n) is 4.98. The number of carbonyl (C=O) groups excluding carboxylic acids is 1. The SMILES string of the molecule is COc1ccc(OC)c(/C=C/C(=O)N2CCN(S(=O)(=O)Cc3ccccc3)CC2)c1. The lowest BCUT2D eigenvalue weighted by atomic mass is 10.1. The molecular formula is C22H26N2O5S. The maximum atomic E-state index is 12.7. The number of methoxy groups -OCH3 is 2. The lowest BCUT2D eigenvalue weighted by Crippen LogP contribution is -2.50. The summed E-state index contributed by atoms with van der Waals surface area (Å²) in [6.45, 7) is 1.29. The third-order valence-corrected chi connectivity index (χ3v) is 6.83. The molecule has 0 bridgehead atoms. The lowest BCUT2D eigenvalue weighted by Gasteiger charge is -2.33. The van der Waals surface area contributed by atoms with Crippen LogP contribution in [-0.2, 0) is 20.6 Å². The molecule has 0 saturated carbocycles. The molecule has 1 heterocycles. The summed E-state index contributed by atoms with van der Waals surface area (Å²) in [6.07, 6.45) is 3.16. The fourth-order valence-corrected chi connectivity index (χ4v) is 4.81. The van der Waals surface area contributed by atoms with Crippen LogP contribution in [-0.4, -0.2) is 63.9 Å². The highest BCUT2D eigenvalue weighted by Gasteiger charge is 2.28. The average molecular weight is 431 g/mol. The van der Waals surface area contributed by atoms with Gasteiger partial charge in [0.1, 0.15) is 11.5 Å². The summed E-state index contributed by atoms with van der Waals surface area (Å²) in [5, 5.41) is 0. The van der Waals surface area contributed by atoms with E-state index in [-0.39, 0.29) is 24.7 Å². The number of amides is 1. The highest BCUT2D eigenvalue weighted by molar-refractivity contribution is 7.88. The van der Waals surface area contributed by atoms with Gasteiger partial charge in [-0.25, -0.2) is 8.42 Å². The van der Waals surface area contributed by atoms with E-state index in [1.165, 1.54) is 10.4 Å². The number of carbonyl (C=O) groups is 1. The van der Waals surface area contributed by atoms with Crippen LogP contribution in [0.3, 0.4) is 0 Å². The first-order valence-electron chi connectivity index (χ1n) is 9.63. The van der Waals surface area contributed by atoms with Crippen LogP contribution < -0.4 is 9.47 Å². The molecule has 0 aliphatic carbocycles. The summed E-state index contributed by atoms with van der Waals surface area (Å²) in [5.41, 5.74) is 1.49. The molecule has 0 aromatic heterocycles. The van der Waals surface area contributed by atoms with Gasteiger partial charge in [0.25, 0.3) is 0 Å². The van der Waals surface area contributed by atoms with Crippen molar-refractivity contribution in [1.29, 1.82) is 0 Å². The summed E-state index contributed by atoms with van der Waals surface area (Å²) >= 11 is 0. The Morgan fingerprint density at radius 2 is 1.70 bits per heavy atom. The normalized spacial score (nSPS) is 15.3. The molecule has 3 rings (SSSR count). The number of nitrogens with zero attached hydrogens (tertiary/aromatic N) is 2. The van der Waals surface area contributed by atoms with Gasteiger partial charge in [0.05, 0.1) is 20.0 Å². The van der Waals surface area contributed by atoms with E-state index >= 15 is 0 Å². The van der Waals surface area contributed by atoms with E-state index in [4.69, 9.17) is 9.47 Å². The third kappa shape index (κ3) is 5.40. The highest BCUT2D eigenvalue weighted by atomic mass is 32.2. The molecule has 0 N–H and O–H groups in total. The van der Waals surface area contributed by atoms with Crippen molar-refractivity contribution in [3.05, 3.63) is 65.7 Å². The second-order valence-electron chi connectivity index (χ2n) is 6.91. The van der Waals surface area contributed by atoms with Crippen LogP contribution in [0.2, 0.25) is 0 Å². The van der Waals surface area contributed by atoms with E-state index in [0.717, 1.165) is 11.1 Å². The van der Waals surface area contributed by atoms with Gasteiger partial charge >= 0.3 is 0 Å². The predicted octanol–water partition coefficient (Wildman–Crippen LogP) is 2.39. The van der Waals surface area contributed by atoms with Crippen molar-refractivity contribution in [3.8, 4) is 11.5 Å². The van der Waals surface area contributed by atoms with Crippen LogP contribution in [0.5, 0.6) is 11.5 Å². The number of ether oxygens (including phenoxy) is 2. The molecule has 8 heteroatoms. The first-order valence-corrected chi connectivity index (χ1v) is 11.2. The van der Waals surface area contributed by atoms with Crippen LogP contribution in [0, 0.1) is 0 Å². The van der Waals surface area contributed by atoms with Crippen molar-refractivity contribution >= 4 is 22.0 Å². The number of sulfonamides is 1. The fourth-order valence-electron chi connectivity index (χ4n) is 3.30. The zero-order valence-electron chi connectivity index (χ0n) is 17.2. The highest BCUT2D eigenvalue weighted by Crippen LogP contribution is 2.25. The maximum absolute atomic E-state index is 12.7. The zero-order valence-corrected chi connectivity index (χ0v) is 18.0. The molecule has 0 atom stereocenters. The maximum Gasteiger partial charge on any atom is 0.246 e. The van der Waals surface area contributed by atoms with Crippen LogP contribution in [0.4, 0.5) is 0 Å². The van der Waals surface area contributed by atoms with E-state index in [9.17, 15) is 13.2 Å². The summed E-state index contributed by atoms with van der Waals surface area (Å²) < 4.78 is 37.3. The van der Waals surface area contributed by atoms with Crippen molar-refractivity contribution in [2.75, 3.05) is 40.4 Å². The van der Waals surface area contributed by atoms with Gasteiger partial charge in [-0.2, -0.15) is 4.31 Å². The van der Waals surface area contributed by atoms with E-state index in [1.54, 1.807) is 55.5 Å². The van der Waals surface area contributed by atoms with Gasteiger partial charge in [-0.05, 0) is 29.8 Å². The average Bonchev–Trinajstić information content (AvgIpc) is 2.77. The summed E-state index contributed by atoms with van der Waals surface area (Å²) in [6, 6.07) is 14.5. The van der Waals surface area contributed by atoms with E-state index in [2.05, 4.69) is 0 Å². The van der Waals surface area contributed by atoms with E-state index in [0.29, 0.717) is 24.6 Å². The summed E-state index contributed by atoms with van der Waals surface area (Å²) in [5.74, 6) is 1.11. The van der Waals surface area contributed by atoms with Crippen molar-refractivity contribution in [1.82, 2.24) is 9.21 Å². The minimum Gasteiger partial charge on any atom is -0.497 e. The van der Waals surface area contributed by atoms with Crippen molar-refractivity contribution < 1.29 is 22.7 Å². The summed E-state index contributed by atoms with van der Waals surface area (Å²) in [4.78, 5) is 14.2. The van der Waals surface area contributed by atoms with Gasteiger partial charge in [-0.1, -0.05) is 30.3 Å². The lowest BCUT2D eigenvalue weighted by molar-refractivity contribution is -0.127. The summed E-state index contributed by atoms with van der Waals surface area (Å²) in [7, 11) is -0.270. The molecule has 1 aliphatic rings. The van der Waals surface area contributed by atoms with Crippen molar-refractivity contribution in [3.63, 3.8) is 0 Å². The number of rotatable bonds is 7. The first-order chi connectivity index (χ1) is 14.4. The van der Waals surface area contributed by atoms with Crippen molar-refractivity contribution in [2.24, 2.45) is 0 Å². The van der Waals surface area contributed by atoms with Crippen LogP contribution in [0.25, 0.3) is 6.08 Å². The molecule has 2 aromatic carbocycles. The van der Waals surface area contributed by atoms with Crippen LogP contribution >= 0.6 is 0 Å². The van der Waals surface area contributed by atoms with E-state index < -0.39 is 10.0 Å². The fraction of sp³-hybridized carbons (Fsp3) is 0.318. The zero-order chi connectivity index (χ0) is 21.6.